The fourth-order valence-corrected chi connectivity index (χ4v) is 1.86. The molecule has 0 unspecified atom stereocenters. The van der Waals surface area contributed by atoms with Crippen LogP contribution in [0.1, 0.15) is 20.3 Å². The van der Waals surface area contributed by atoms with E-state index in [1.165, 1.54) is 0 Å². The quantitative estimate of drug-likeness (QED) is 0.565. The molecular formula is C9H16N2O2S. The molecule has 80 valence electrons. The summed E-state index contributed by atoms with van der Waals surface area (Å²) in [5, 5.41) is 2.33. The Morgan fingerprint density at radius 3 is 2.50 bits per heavy atom. The standard InChI is InChI=1S/C9H16N2O2S/c1-9(2)7(12)10-8(13)11(9)5-4-6-14-3/h4-6H2,1-3H3,(H,10,12,13). The summed E-state index contributed by atoms with van der Waals surface area (Å²) in [7, 11) is 0. The smallest absolute Gasteiger partial charge is 0.310 e. The molecule has 5 heteroatoms. The maximum atomic E-state index is 11.4. The molecule has 0 aromatic carbocycles. The predicted molar refractivity (Wildman–Crippen MR) is 57.3 cm³/mol. The molecule has 0 atom stereocenters. The number of urea groups is 1. The van der Waals surface area contributed by atoms with Crippen LogP contribution in [-0.2, 0) is 4.79 Å². The van der Waals surface area contributed by atoms with Crippen molar-refractivity contribution in [1.82, 2.24) is 10.2 Å². The molecule has 3 amide bonds. The maximum Gasteiger partial charge on any atom is 0.324 e. The van der Waals surface area contributed by atoms with Gasteiger partial charge < -0.3 is 4.90 Å². The van der Waals surface area contributed by atoms with Gasteiger partial charge >= 0.3 is 6.03 Å². The molecule has 1 rings (SSSR count). The van der Waals surface area contributed by atoms with Crippen molar-refractivity contribution >= 4 is 23.7 Å². The van der Waals surface area contributed by atoms with E-state index in [1.807, 2.05) is 6.26 Å². The van der Waals surface area contributed by atoms with Gasteiger partial charge in [-0.25, -0.2) is 4.79 Å². The number of nitrogens with zero attached hydrogens (tertiary/aromatic N) is 1. The number of amides is 3. The summed E-state index contributed by atoms with van der Waals surface area (Å²) in [6.45, 7) is 4.18. The summed E-state index contributed by atoms with van der Waals surface area (Å²) >= 11 is 1.74. The average Bonchev–Trinajstić information content (AvgIpc) is 2.28. The molecule has 1 aliphatic rings. The summed E-state index contributed by atoms with van der Waals surface area (Å²) in [6.07, 6.45) is 2.95. The van der Waals surface area contributed by atoms with Crippen molar-refractivity contribution in [2.45, 2.75) is 25.8 Å². The van der Waals surface area contributed by atoms with Crippen LogP contribution in [0.3, 0.4) is 0 Å². The molecule has 1 saturated heterocycles. The van der Waals surface area contributed by atoms with Crippen molar-refractivity contribution in [3.8, 4) is 0 Å². The van der Waals surface area contributed by atoms with E-state index < -0.39 is 5.54 Å². The van der Waals surface area contributed by atoms with E-state index in [1.54, 1.807) is 30.5 Å². The SMILES string of the molecule is CSCCCN1C(=O)NC(=O)C1(C)C. The van der Waals surface area contributed by atoms with Gasteiger partial charge in [0.1, 0.15) is 5.54 Å². The van der Waals surface area contributed by atoms with Crippen molar-refractivity contribution in [3.63, 3.8) is 0 Å². The van der Waals surface area contributed by atoms with Crippen molar-refractivity contribution in [3.05, 3.63) is 0 Å². The van der Waals surface area contributed by atoms with Crippen molar-refractivity contribution in [2.75, 3.05) is 18.6 Å². The fourth-order valence-electron chi connectivity index (χ4n) is 1.44. The molecule has 1 heterocycles. The highest BCUT2D eigenvalue weighted by atomic mass is 32.2. The van der Waals surface area contributed by atoms with E-state index >= 15 is 0 Å². The van der Waals surface area contributed by atoms with Gasteiger partial charge in [-0.2, -0.15) is 11.8 Å². The Hall–Kier alpha value is -0.710. The molecule has 0 spiro atoms. The normalized spacial score (nSPS) is 20.1. The zero-order valence-corrected chi connectivity index (χ0v) is 9.61. The van der Waals surface area contributed by atoms with E-state index in [0.717, 1.165) is 12.2 Å². The molecule has 0 aromatic rings. The number of thioether (sulfide) groups is 1. The third-order valence-electron chi connectivity index (χ3n) is 2.43. The van der Waals surface area contributed by atoms with Gasteiger partial charge in [0.2, 0.25) is 0 Å². The molecule has 1 N–H and O–H groups in total. The molecule has 0 aliphatic carbocycles. The summed E-state index contributed by atoms with van der Waals surface area (Å²) in [5.74, 6) is 0.806. The van der Waals surface area contributed by atoms with Gasteiger partial charge in [0.25, 0.3) is 5.91 Å². The molecule has 0 bridgehead atoms. The lowest BCUT2D eigenvalue weighted by Crippen LogP contribution is -2.44. The molecule has 1 fully saturated rings. The number of carbonyl (C=O) groups excluding carboxylic acids is 2. The summed E-state index contributed by atoms with van der Waals surface area (Å²) in [4.78, 5) is 24.4. The minimum absolute atomic E-state index is 0.202. The van der Waals surface area contributed by atoms with Gasteiger partial charge in [0.15, 0.2) is 0 Å². The van der Waals surface area contributed by atoms with E-state index in [2.05, 4.69) is 5.32 Å². The average molecular weight is 216 g/mol. The van der Waals surface area contributed by atoms with Crippen LogP contribution in [0.25, 0.3) is 0 Å². The lowest BCUT2D eigenvalue weighted by atomic mass is 10.0. The van der Waals surface area contributed by atoms with E-state index in [4.69, 9.17) is 0 Å². The highest BCUT2D eigenvalue weighted by Gasteiger charge is 2.44. The molecule has 0 aromatic heterocycles. The zero-order chi connectivity index (χ0) is 10.8. The minimum Gasteiger partial charge on any atom is -0.310 e. The first-order valence-corrected chi connectivity index (χ1v) is 6.01. The van der Waals surface area contributed by atoms with Crippen LogP contribution in [0.2, 0.25) is 0 Å². The van der Waals surface area contributed by atoms with E-state index in [0.29, 0.717) is 6.54 Å². The maximum absolute atomic E-state index is 11.4. The highest BCUT2D eigenvalue weighted by molar-refractivity contribution is 7.98. The first-order valence-electron chi connectivity index (χ1n) is 4.62. The molecular weight excluding hydrogens is 200 g/mol. The molecule has 0 radical (unpaired) electrons. The van der Waals surface area contributed by atoms with Gasteiger partial charge in [-0.05, 0) is 32.3 Å². The zero-order valence-electron chi connectivity index (χ0n) is 8.79. The van der Waals surface area contributed by atoms with E-state index in [-0.39, 0.29) is 11.9 Å². The topological polar surface area (TPSA) is 49.4 Å². The monoisotopic (exact) mass is 216 g/mol. The van der Waals surface area contributed by atoms with Gasteiger partial charge in [0.05, 0.1) is 0 Å². The minimum atomic E-state index is -0.685. The molecule has 1 aliphatic heterocycles. The Kier molecular flexibility index (Phi) is 3.42. The van der Waals surface area contributed by atoms with Gasteiger partial charge in [-0.3, -0.25) is 10.1 Å². The van der Waals surface area contributed by atoms with Crippen molar-refractivity contribution in [1.29, 1.82) is 0 Å². The third kappa shape index (κ3) is 2.03. The van der Waals surface area contributed by atoms with Gasteiger partial charge in [-0.15, -0.1) is 0 Å². The number of imide groups is 1. The highest BCUT2D eigenvalue weighted by Crippen LogP contribution is 2.21. The Bertz CT molecular complexity index is 253. The van der Waals surface area contributed by atoms with Crippen LogP contribution >= 0.6 is 11.8 Å². The third-order valence-corrected chi connectivity index (χ3v) is 3.12. The first kappa shape index (κ1) is 11.4. The van der Waals surface area contributed by atoms with Gasteiger partial charge in [-0.1, -0.05) is 0 Å². The second-order valence-electron chi connectivity index (χ2n) is 3.82. The van der Waals surface area contributed by atoms with Crippen LogP contribution < -0.4 is 5.32 Å². The second-order valence-corrected chi connectivity index (χ2v) is 4.80. The summed E-state index contributed by atoms with van der Waals surface area (Å²) < 4.78 is 0. The fraction of sp³-hybridized carbons (Fsp3) is 0.778. The Morgan fingerprint density at radius 1 is 1.43 bits per heavy atom. The Morgan fingerprint density at radius 2 is 2.07 bits per heavy atom. The first-order chi connectivity index (χ1) is 6.50. The second kappa shape index (κ2) is 4.21. The number of nitrogens with one attached hydrogen (secondary N) is 1. The molecule has 0 saturated carbocycles. The largest absolute Gasteiger partial charge is 0.324 e. The van der Waals surface area contributed by atoms with Crippen molar-refractivity contribution in [2.24, 2.45) is 0 Å². The number of carbonyl (C=O) groups is 2. The van der Waals surface area contributed by atoms with Crippen LogP contribution in [0, 0.1) is 0 Å². The Labute approximate surface area is 88.4 Å². The van der Waals surface area contributed by atoms with Crippen LogP contribution in [0.15, 0.2) is 0 Å². The lowest BCUT2D eigenvalue weighted by Gasteiger charge is -2.27. The van der Waals surface area contributed by atoms with Crippen LogP contribution in [-0.4, -0.2) is 40.9 Å². The van der Waals surface area contributed by atoms with Crippen LogP contribution in [0.5, 0.6) is 0 Å². The number of hydrogen-bond donors (Lipinski definition) is 1. The summed E-state index contributed by atoms with van der Waals surface area (Å²) in [5.41, 5.74) is -0.685. The van der Waals surface area contributed by atoms with Gasteiger partial charge in [0, 0.05) is 6.54 Å². The predicted octanol–water partition coefficient (Wildman–Crippen LogP) is 1.07. The van der Waals surface area contributed by atoms with Crippen LogP contribution in [0.4, 0.5) is 4.79 Å². The number of rotatable bonds is 4. The number of hydrogen-bond acceptors (Lipinski definition) is 3. The lowest BCUT2D eigenvalue weighted by molar-refractivity contribution is -0.125. The molecule has 4 nitrogen and oxygen atoms in total. The van der Waals surface area contributed by atoms with E-state index in [9.17, 15) is 9.59 Å². The summed E-state index contributed by atoms with van der Waals surface area (Å²) in [6, 6.07) is -0.263. The Balaban J connectivity index is 2.58. The molecule has 14 heavy (non-hydrogen) atoms. The van der Waals surface area contributed by atoms with Crippen molar-refractivity contribution < 1.29 is 9.59 Å².